The maximum atomic E-state index is 13.1. The molecule has 0 saturated carbocycles. The van der Waals surface area contributed by atoms with Crippen LogP contribution in [-0.2, 0) is 7.05 Å². The van der Waals surface area contributed by atoms with Gasteiger partial charge in [0.2, 0.25) is 5.75 Å². The molecule has 0 atom stereocenters. The van der Waals surface area contributed by atoms with Gasteiger partial charge < -0.3 is 28.3 Å². The van der Waals surface area contributed by atoms with Gasteiger partial charge in [-0.2, -0.15) is 4.99 Å². The zero-order valence-electron chi connectivity index (χ0n) is 19.2. The summed E-state index contributed by atoms with van der Waals surface area (Å²) < 4.78 is 30.8. The zero-order valence-corrected chi connectivity index (χ0v) is 20.0. The van der Waals surface area contributed by atoms with Crippen molar-refractivity contribution in [3.05, 3.63) is 34.6 Å². The quantitative estimate of drug-likeness (QED) is 0.476. The van der Waals surface area contributed by atoms with Gasteiger partial charge in [0, 0.05) is 12.6 Å². The third-order valence-electron chi connectivity index (χ3n) is 4.67. The van der Waals surface area contributed by atoms with E-state index in [2.05, 4.69) is 4.99 Å². The minimum atomic E-state index is -0.421. The fraction of sp³-hybridized carbons (Fsp3) is 0.391. The molecule has 0 bridgehead atoms. The molecule has 0 aliphatic rings. The molecule has 0 radical (unpaired) electrons. The minimum absolute atomic E-state index is 0.344. The Morgan fingerprint density at radius 3 is 2.00 bits per heavy atom. The van der Waals surface area contributed by atoms with Crippen molar-refractivity contribution < 1.29 is 28.5 Å². The Bertz CT molecular complexity index is 1150. The molecule has 1 aromatic heterocycles. The minimum Gasteiger partial charge on any atom is -0.495 e. The largest absolute Gasteiger partial charge is 0.495 e. The first-order chi connectivity index (χ1) is 15.5. The highest BCUT2D eigenvalue weighted by molar-refractivity contribution is 7.16. The highest BCUT2D eigenvalue weighted by Gasteiger charge is 2.19. The molecule has 0 saturated heterocycles. The van der Waals surface area contributed by atoms with Gasteiger partial charge in [0.15, 0.2) is 16.3 Å². The molecular weight excluding hydrogens is 432 g/mol. The maximum Gasteiger partial charge on any atom is 0.279 e. The van der Waals surface area contributed by atoms with Crippen LogP contribution in [0.4, 0.5) is 0 Å². The first-order valence-electron chi connectivity index (χ1n) is 10.3. The van der Waals surface area contributed by atoms with Crippen molar-refractivity contribution in [2.45, 2.75) is 20.8 Å². The van der Waals surface area contributed by atoms with Crippen LogP contribution in [0.5, 0.6) is 28.7 Å². The number of nitrogens with zero attached hydrogens (tertiary/aromatic N) is 2. The molecule has 0 aliphatic carbocycles. The number of fused-ring (bicyclic) bond motifs is 1. The summed E-state index contributed by atoms with van der Waals surface area (Å²) in [6.45, 7) is 6.90. The van der Waals surface area contributed by atoms with Crippen LogP contribution in [0.3, 0.4) is 0 Å². The lowest BCUT2D eigenvalue weighted by atomic mass is 10.1. The van der Waals surface area contributed by atoms with Gasteiger partial charge in [-0.25, -0.2) is 0 Å². The van der Waals surface area contributed by atoms with E-state index in [1.807, 2.05) is 44.5 Å². The summed E-state index contributed by atoms with van der Waals surface area (Å²) in [5, 5.41) is 0. The van der Waals surface area contributed by atoms with Crippen LogP contribution in [0.25, 0.3) is 10.2 Å². The Morgan fingerprint density at radius 1 is 0.906 bits per heavy atom. The molecule has 2 aromatic carbocycles. The van der Waals surface area contributed by atoms with Crippen LogP contribution < -0.4 is 28.5 Å². The third kappa shape index (κ3) is 4.52. The van der Waals surface area contributed by atoms with E-state index in [4.69, 9.17) is 23.7 Å². The van der Waals surface area contributed by atoms with Crippen LogP contribution in [0.15, 0.2) is 29.3 Å². The van der Waals surface area contributed by atoms with Crippen molar-refractivity contribution in [2.75, 3.05) is 34.0 Å². The molecule has 3 rings (SSSR count). The van der Waals surface area contributed by atoms with Crippen LogP contribution in [0.1, 0.15) is 31.1 Å². The number of hydrogen-bond acceptors (Lipinski definition) is 7. The Morgan fingerprint density at radius 2 is 1.47 bits per heavy atom. The van der Waals surface area contributed by atoms with Crippen molar-refractivity contribution >= 4 is 27.5 Å². The number of ether oxygens (including phenoxy) is 5. The van der Waals surface area contributed by atoms with Crippen molar-refractivity contribution in [1.82, 2.24) is 4.57 Å². The number of hydrogen-bond donors (Lipinski definition) is 0. The van der Waals surface area contributed by atoms with Gasteiger partial charge in [-0.1, -0.05) is 11.3 Å². The first-order valence-corrected chi connectivity index (χ1v) is 11.2. The first kappa shape index (κ1) is 23.5. The number of rotatable bonds is 9. The molecular formula is C23H28N2O6S. The number of amides is 1. The Hall–Kier alpha value is -3.20. The summed E-state index contributed by atoms with van der Waals surface area (Å²) in [6, 6.07) is 6.93. The van der Waals surface area contributed by atoms with E-state index < -0.39 is 5.91 Å². The monoisotopic (exact) mass is 460 g/mol. The lowest BCUT2D eigenvalue weighted by molar-refractivity contribution is 0.0996. The lowest BCUT2D eigenvalue weighted by Crippen LogP contribution is -2.14. The average molecular weight is 461 g/mol. The molecule has 0 aliphatic heterocycles. The molecule has 0 N–H and O–H groups in total. The van der Waals surface area contributed by atoms with E-state index in [0.717, 1.165) is 10.2 Å². The highest BCUT2D eigenvalue weighted by Crippen LogP contribution is 2.39. The molecule has 0 spiro atoms. The van der Waals surface area contributed by atoms with Crippen molar-refractivity contribution in [3.63, 3.8) is 0 Å². The molecule has 8 nitrogen and oxygen atoms in total. The van der Waals surface area contributed by atoms with E-state index in [0.29, 0.717) is 58.9 Å². The summed E-state index contributed by atoms with van der Waals surface area (Å²) in [4.78, 5) is 18.0. The topological polar surface area (TPSA) is 80.5 Å². The fourth-order valence-electron chi connectivity index (χ4n) is 3.29. The van der Waals surface area contributed by atoms with E-state index in [1.54, 1.807) is 26.4 Å². The number of benzene rings is 2. The fourth-order valence-corrected chi connectivity index (χ4v) is 4.42. The van der Waals surface area contributed by atoms with Gasteiger partial charge in [-0.3, -0.25) is 4.79 Å². The summed E-state index contributed by atoms with van der Waals surface area (Å²) in [5.41, 5.74) is 1.15. The summed E-state index contributed by atoms with van der Waals surface area (Å²) in [6.07, 6.45) is 0. The van der Waals surface area contributed by atoms with Crippen molar-refractivity contribution in [3.8, 4) is 28.7 Å². The zero-order chi connectivity index (χ0) is 23.3. The Labute approximate surface area is 191 Å². The van der Waals surface area contributed by atoms with Gasteiger partial charge in [0.25, 0.3) is 5.91 Å². The predicted molar refractivity (Wildman–Crippen MR) is 124 cm³/mol. The van der Waals surface area contributed by atoms with Crippen LogP contribution in [-0.4, -0.2) is 44.5 Å². The molecule has 172 valence electrons. The molecule has 0 unspecified atom stereocenters. The Kier molecular flexibility index (Phi) is 7.63. The second-order valence-electron chi connectivity index (χ2n) is 6.61. The van der Waals surface area contributed by atoms with Crippen molar-refractivity contribution in [2.24, 2.45) is 12.0 Å². The maximum absolute atomic E-state index is 13.1. The van der Waals surface area contributed by atoms with Crippen LogP contribution >= 0.6 is 11.3 Å². The number of thiazole rings is 1. The molecule has 1 heterocycles. The van der Waals surface area contributed by atoms with E-state index >= 15 is 0 Å². The van der Waals surface area contributed by atoms with Gasteiger partial charge >= 0.3 is 0 Å². The predicted octanol–water partition coefficient (Wildman–Crippen LogP) is 4.19. The van der Waals surface area contributed by atoms with Gasteiger partial charge in [-0.15, -0.1) is 0 Å². The highest BCUT2D eigenvalue weighted by atomic mass is 32.1. The van der Waals surface area contributed by atoms with Gasteiger partial charge in [0.05, 0.1) is 34.0 Å². The number of carbonyl (C=O) groups is 1. The second kappa shape index (κ2) is 10.4. The summed E-state index contributed by atoms with van der Waals surface area (Å²) >= 11 is 1.35. The third-order valence-corrected chi connectivity index (χ3v) is 5.81. The normalized spacial score (nSPS) is 11.5. The molecule has 0 fully saturated rings. The van der Waals surface area contributed by atoms with E-state index in [1.165, 1.54) is 11.3 Å². The van der Waals surface area contributed by atoms with Crippen LogP contribution in [0, 0.1) is 0 Å². The van der Waals surface area contributed by atoms with E-state index in [9.17, 15) is 4.79 Å². The summed E-state index contributed by atoms with van der Waals surface area (Å²) in [5.74, 6) is 2.32. The van der Waals surface area contributed by atoms with Gasteiger partial charge in [0.1, 0.15) is 21.7 Å². The number of carbonyl (C=O) groups excluding carboxylic acids is 1. The van der Waals surface area contributed by atoms with Gasteiger partial charge in [-0.05, 0) is 45.0 Å². The molecule has 9 heteroatoms. The smallest absolute Gasteiger partial charge is 0.279 e. The van der Waals surface area contributed by atoms with Crippen molar-refractivity contribution in [1.29, 1.82) is 0 Å². The average Bonchev–Trinajstić information content (AvgIpc) is 3.11. The Balaban J connectivity index is 2.15. The number of methoxy groups -OCH3 is 2. The second-order valence-corrected chi connectivity index (χ2v) is 7.59. The van der Waals surface area contributed by atoms with Crippen LogP contribution in [0.2, 0.25) is 0 Å². The number of aryl methyl sites for hydroxylation is 1. The molecule has 1 amide bonds. The molecule has 3 aromatic rings. The van der Waals surface area contributed by atoms with E-state index in [-0.39, 0.29) is 0 Å². The molecule has 32 heavy (non-hydrogen) atoms. The summed E-state index contributed by atoms with van der Waals surface area (Å²) in [7, 11) is 5.04. The standard InChI is InChI=1S/C23H28N2O6S/c1-7-29-17-12-14(13-18(30-8-2)20(17)31-9-3)22(26)24-23-25(4)19-15(27-5)10-11-16(28-6)21(19)32-23/h10-13H,7-9H2,1-6H3. The lowest BCUT2D eigenvalue weighted by Gasteiger charge is -2.16. The SMILES string of the molecule is CCOc1cc(C(=O)N=c2sc3c(OC)ccc(OC)c3n2C)cc(OCC)c1OCC. The number of aromatic nitrogens is 1.